The SMILES string of the molecule is CC(C)c1nc2n(n1)CC(NC(=O)C1CCNCC1)CC2.Cl. The van der Waals surface area contributed by atoms with Gasteiger partial charge in [-0.15, -0.1) is 12.4 Å². The molecule has 1 saturated heterocycles. The third-order valence-electron chi connectivity index (χ3n) is 4.45. The van der Waals surface area contributed by atoms with Crippen molar-refractivity contribution in [1.82, 2.24) is 25.4 Å². The molecule has 0 aromatic carbocycles. The van der Waals surface area contributed by atoms with Crippen LogP contribution >= 0.6 is 12.4 Å². The van der Waals surface area contributed by atoms with Gasteiger partial charge in [0.2, 0.25) is 5.91 Å². The second-order valence-corrected chi connectivity index (χ2v) is 6.49. The minimum atomic E-state index is 0. The molecule has 1 aromatic rings. The lowest BCUT2D eigenvalue weighted by atomic mass is 9.96. The monoisotopic (exact) mass is 327 g/mol. The number of piperidine rings is 1. The number of hydrogen-bond acceptors (Lipinski definition) is 4. The van der Waals surface area contributed by atoms with Crippen LogP contribution in [-0.2, 0) is 17.8 Å². The molecule has 2 aliphatic heterocycles. The van der Waals surface area contributed by atoms with Crippen molar-refractivity contribution in [3.63, 3.8) is 0 Å². The molecule has 3 rings (SSSR count). The number of halogens is 1. The average molecular weight is 328 g/mol. The highest BCUT2D eigenvalue weighted by Gasteiger charge is 2.27. The van der Waals surface area contributed by atoms with Gasteiger partial charge in [-0.1, -0.05) is 13.8 Å². The van der Waals surface area contributed by atoms with E-state index in [4.69, 9.17) is 0 Å². The van der Waals surface area contributed by atoms with E-state index in [-0.39, 0.29) is 30.3 Å². The van der Waals surface area contributed by atoms with Crippen molar-refractivity contribution in [3.8, 4) is 0 Å². The highest BCUT2D eigenvalue weighted by Crippen LogP contribution is 2.18. The molecule has 3 heterocycles. The lowest BCUT2D eigenvalue weighted by Crippen LogP contribution is -2.46. The smallest absolute Gasteiger partial charge is 0.223 e. The van der Waals surface area contributed by atoms with Crippen LogP contribution in [0.5, 0.6) is 0 Å². The van der Waals surface area contributed by atoms with Gasteiger partial charge in [-0.25, -0.2) is 9.67 Å². The third-order valence-corrected chi connectivity index (χ3v) is 4.45. The fourth-order valence-corrected chi connectivity index (χ4v) is 3.09. The maximum Gasteiger partial charge on any atom is 0.223 e. The predicted octanol–water partition coefficient (Wildman–Crippen LogP) is 1.25. The van der Waals surface area contributed by atoms with Crippen LogP contribution in [0.4, 0.5) is 0 Å². The van der Waals surface area contributed by atoms with Gasteiger partial charge in [-0.05, 0) is 32.4 Å². The van der Waals surface area contributed by atoms with Gasteiger partial charge in [0.25, 0.3) is 0 Å². The van der Waals surface area contributed by atoms with E-state index in [0.29, 0.717) is 5.92 Å². The van der Waals surface area contributed by atoms with E-state index in [1.165, 1.54) is 0 Å². The molecule has 1 unspecified atom stereocenters. The van der Waals surface area contributed by atoms with Crippen molar-refractivity contribution in [3.05, 3.63) is 11.6 Å². The molecule has 1 amide bonds. The molecule has 0 aliphatic carbocycles. The number of nitrogens with one attached hydrogen (secondary N) is 2. The Bertz CT molecular complexity index is 510. The highest BCUT2D eigenvalue weighted by molar-refractivity contribution is 5.85. The van der Waals surface area contributed by atoms with Gasteiger partial charge >= 0.3 is 0 Å². The van der Waals surface area contributed by atoms with Crippen LogP contribution < -0.4 is 10.6 Å². The van der Waals surface area contributed by atoms with Crippen LogP contribution in [0.1, 0.15) is 50.7 Å². The lowest BCUT2D eigenvalue weighted by Gasteiger charge is -2.27. The number of aromatic nitrogens is 3. The first kappa shape index (κ1) is 17.2. The zero-order valence-electron chi connectivity index (χ0n) is 13.3. The molecule has 7 heteroatoms. The zero-order valence-corrected chi connectivity index (χ0v) is 14.2. The Morgan fingerprint density at radius 3 is 2.73 bits per heavy atom. The molecular formula is C15H26ClN5O. The number of amides is 1. The number of rotatable bonds is 3. The standard InChI is InChI=1S/C15H25N5O.ClH/c1-10(2)14-18-13-4-3-12(9-20(13)19-14)17-15(21)11-5-7-16-8-6-11;/h10-12,16H,3-9H2,1-2H3,(H,17,21);1H. The Hall–Kier alpha value is -1.14. The normalized spacial score (nSPS) is 22.0. The van der Waals surface area contributed by atoms with Crippen LogP contribution in [0, 0.1) is 5.92 Å². The Morgan fingerprint density at radius 2 is 2.05 bits per heavy atom. The number of carbonyl (C=O) groups excluding carboxylic acids is 1. The summed E-state index contributed by atoms with van der Waals surface area (Å²) in [4.78, 5) is 16.9. The van der Waals surface area contributed by atoms with Gasteiger partial charge in [0.05, 0.1) is 6.54 Å². The van der Waals surface area contributed by atoms with Crippen LogP contribution in [0.2, 0.25) is 0 Å². The fourth-order valence-electron chi connectivity index (χ4n) is 3.09. The molecule has 1 atom stereocenters. The van der Waals surface area contributed by atoms with E-state index in [1.54, 1.807) is 0 Å². The van der Waals surface area contributed by atoms with Crippen LogP contribution in [0.3, 0.4) is 0 Å². The summed E-state index contributed by atoms with van der Waals surface area (Å²) in [6.45, 7) is 6.88. The van der Waals surface area contributed by atoms with Crippen LogP contribution in [0.25, 0.3) is 0 Å². The first-order valence-corrected chi connectivity index (χ1v) is 8.08. The van der Waals surface area contributed by atoms with E-state index in [0.717, 1.165) is 57.0 Å². The molecule has 1 aromatic heterocycles. The Labute approximate surface area is 137 Å². The molecule has 2 N–H and O–H groups in total. The van der Waals surface area contributed by atoms with Gasteiger partial charge in [-0.2, -0.15) is 5.10 Å². The summed E-state index contributed by atoms with van der Waals surface area (Å²) in [7, 11) is 0. The van der Waals surface area contributed by atoms with Crippen molar-refractivity contribution in [2.24, 2.45) is 5.92 Å². The first-order chi connectivity index (χ1) is 10.1. The van der Waals surface area contributed by atoms with Crippen molar-refractivity contribution < 1.29 is 4.79 Å². The number of carbonyl (C=O) groups is 1. The molecule has 0 radical (unpaired) electrons. The van der Waals surface area contributed by atoms with Crippen molar-refractivity contribution in [1.29, 1.82) is 0 Å². The van der Waals surface area contributed by atoms with E-state index in [2.05, 4.69) is 34.6 Å². The molecule has 0 bridgehead atoms. The molecule has 22 heavy (non-hydrogen) atoms. The number of fused-ring (bicyclic) bond motifs is 1. The number of hydrogen-bond donors (Lipinski definition) is 2. The van der Waals surface area contributed by atoms with E-state index < -0.39 is 0 Å². The van der Waals surface area contributed by atoms with Gasteiger partial charge in [0.1, 0.15) is 5.82 Å². The van der Waals surface area contributed by atoms with E-state index in [9.17, 15) is 4.79 Å². The molecule has 1 fully saturated rings. The minimum absolute atomic E-state index is 0. The van der Waals surface area contributed by atoms with Gasteiger partial charge < -0.3 is 10.6 Å². The number of nitrogens with zero attached hydrogens (tertiary/aromatic N) is 3. The summed E-state index contributed by atoms with van der Waals surface area (Å²) < 4.78 is 1.98. The fraction of sp³-hybridized carbons (Fsp3) is 0.800. The van der Waals surface area contributed by atoms with Gasteiger partial charge in [0, 0.05) is 24.3 Å². The van der Waals surface area contributed by atoms with E-state index >= 15 is 0 Å². The Morgan fingerprint density at radius 1 is 1.32 bits per heavy atom. The predicted molar refractivity (Wildman–Crippen MR) is 87.2 cm³/mol. The summed E-state index contributed by atoms with van der Waals surface area (Å²) in [5.41, 5.74) is 0. The first-order valence-electron chi connectivity index (χ1n) is 8.08. The quantitative estimate of drug-likeness (QED) is 0.876. The van der Waals surface area contributed by atoms with E-state index in [1.807, 2.05) is 4.68 Å². The molecule has 0 spiro atoms. The largest absolute Gasteiger partial charge is 0.351 e. The highest BCUT2D eigenvalue weighted by atomic mass is 35.5. The zero-order chi connectivity index (χ0) is 14.8. The van der Waals surface area contributed by atoms with Crippen molar-refractivity contribution in [2.45, 2.75) is 58.0 Å². The average Bonchev–Trinajstić information content (AvgIpc) is 2.91. The Kier molecular flexibility index (Phi) is 5.81. The summed E-state index contributed by atoms with van der Waals surface area (Å²) in [6.07, 6.45) is 3.76. The van der Waals surface area contributed by atoms with Crippen LogP contribution in [-0.4, -0.2) is 39.8 Å². The van der Waals surface area contributed by atoms with Gasteiger partial charge in [0.15, 0.2) is 5.82 Å². The molecule has 124 valence electrons. The summed E-state index contributed by atoms with van der Waals surface area (Å²) >= 11 is 0. The molecule has 2 aliphatic rings. The van der Waals surface area contributed by atoms with Crippen LogP contribution in [0.15, 0.2) is 0 Å². The second kappa shape index (κ2) is 7.42. The number of aryl methyl sites for hydroxylation is 1. The molecular weight excluding hydrogens is 302 g/mol. The summed E-state index contributed by atoms with van der Waals surface area (Å²) in [5, 5.41) is 11.1. The minimum Gasteiger partial charge on any atom is -0.351 e. The summed E-state index contributed by atoms with van der Waals surface area (Å²) in [5.74, 6) is 2.72. The lowest BCUT2D eigenvalue weighted by molar-refractivity contribution is -0.126. The molecule has 6 nitrogen and oxygen atoms in total. The maximum absolute atomic E-state index is 12.3. The van der Waals surface area contributed by atoms with Crippen molar-refractivity contribution >= 4 is 18.3 Å². The van der Waals surface area contributed by atoms with Gasteiger partial charge in [-0.3, -0.25) is 4.79 Å². The molecule has 0 saturated carbocycles. The third kappa shape index (κ3) is 3.79. The Balaban J connectivity index is 0.00000176. The topological polar surface area (TPSA) is 71.8 Å². The van der Waals surface area contributed by atoms with Crippen molar-refractivity contribution in [2.75, 3.05) is 13.1 Å². The second-order valence-electron chi connectivity index (χ2n) is 6.49. The summed E-state index contributed by atoms with van der Waals surface area (Å²) in [6, 6.07) is 0.196. The maximum atomic E-state index is 12.3.